The second-order valence-corrected chi connectivity index (χ2v) is 10.3. The van der Waals surface area contributed by atoms with Crippen LogP contribution in [0.1, 0.15) is 81.2 Å². The Bertz CT molecular complexity index is 845. The van der Waals surface area contributed by atoms with Gasteiger partial charge in [-0.2, -0.15) is 0 Å². The molecule has 0 aliphatic heterocycles. The minimum absolute atomic E-state index is 0.128. The van der Waals surface area contributed by atoms with E-state index in [1.165, 1.54) is 36.3 Å². The summed E-state index contributed by atoms with van der Waals surface area (Å²) >= 11 is 1.86. The third kappa shape index (κ3) is 3.45. The number of carbonyl (C=O) groups is 1. The number of ether oxygens (including phenoxy) is 1. The summed E-state index contributed by atoms with van der Waals surface area (Å²) in [6.45, 7) is 11.6. The van der Waals surface area contributed by atoms with Crippen LogP contribution in [0.15, 0.2) is 24.3 Å². The first-order valence-corrected chi connectivity index (χ1v) is 11.1. The van der Waals surface area contributed by atoms with Crippen molar-refractivity contribution >= 4 is 28.1 Å². The number of thiazole rings is 1. The van der Waals surface area contributed by atoms with Gasteiger partial charge in [-0.25, -0.2) is 9.78 Å². The maximum atomic E-state index is 12.0. The number of rotatable bonds is 5. The highest BCUT2D eigenvalue weighted by Crippen LogP contribution is 2.51. The summed E-state index contributed by atoms with van der Waals surface area (Å²) in [4.78, 5) is 21.0. The molecule has 28 heavy (non-hydrogen) atoms. The highest BCUT2D eigenvalue weighted by atomic mass is 32.1. The third-order valence-electron chi connectivity index (χ3n) is 6.02. The van der Waals surface area contributed by atoms with Crippen LogP contribution in [-0.2, 0) is 15.6 Å². The molecule has 4 nitrogen and oxygen atoms in total. The van der Waals surface area contributed by atoms with E-state index in [0.29, 0.717) is 18.2 Å². The molecule has 4 rings (SSSR count). The van der Waals surface area contributed by atoms with E-state index in [-0.39, 0.29) is 16.8 Å². The van der Waals surface area contributed by atoms with E-state index in [1.807, 2.05) is 42.5 Å². The van der Waals surface area contributed by atoms with Crippen molar-refractivity contribution in [2.45, 2.75) is 77.2 Å². The summed E-state index contributed by atoms with van der Waals surface area (Å²) in [5, 5.41) is 1.10. The van der Waals surface area contributed by atoms with E-state index in [2.05, 4.69) is 32.6 Å². The minimum atomic E-state index is -0.264. The molecule has 2 aromatic rings. The van der Waals surface area contributed by atoms with Crippen LogP contribution in [0.25, 0.3) is 0 Å². The summed E-state index contributed by atoms with van der Waals surface area (Å²) in [6, 6.07) is 8.30. The van der Waals surface area contributed by atoms with Crippen LogP contribution >= 0.6 is 11.3 Å². The van der Waals surface area contributed by atoms with Crippen LogP contribution in [0.2, 0.25) is 0 Å². The zero-order valence-corrected chi connectivity index (χ0v) is 18.4. The van der Waals surface area contributed by atoms with E-state index in [1.54, 1.807) is 0 Å². The minimum Gasteiger partial charge on any atom is -0.462 e. The number of carbonyl (C=O) groups excluding carboxylic acids is 1. The van der Waals surface area contributed by atoms with E-state index >= 15 is 0 Å². The van der Waals surface area contributed by atoms with Crippen molar-refractivity contribution in [3.8, 4) is 0 Å². The maximum absolute atomic E-state index is 12.0. The van der Waals surface area contributed by atoms with Crippen molar-refractivity contribution in [2.75, 3.05) is 11.5 Å². The molecule has 0 radical (unpaired) electrons. The molecule has 0 N–H and O–H groups in total. The van der Waals surface area contributed by atoms with Gasteiger partial charge in [0.1, 0.15) is 0 Å². The molecular formula is C23H30N2O2S. The molecule has 2 aliphatic rings. The smallest absolute Gasteiger partial charge is 0.338 e. The van der Waals surface area contributed by atoms with Gasteiger partial charge >= 0.3 is 5.97 Å². The van der Waals surface area contributed by atoms with E-state index in [9.17, 15) is 4.79 Å². The lowest BCUT2D eigenvalue weighted by atomic mass is 9.69. The van der Waals surface area contributed by atoms with Crippen molar-refractivity contribution in [3.63, 3.8) is 0 Å². The largest absolute Gasteiger partial charge is 0.462 e. The Kier molecular flexibility index (Phi) is 4.77. The van der Waals surface area contributed by atoms with Crippen LogP contribution < -0.4 is 4.90 Å². The molecule has 5 heteroatoms. The lowest BCUT2D eigenvalue weighted by molar-refractivity contribution is 0.0526. The van der Waals surface area contributed by atoms with Gasteiger partial charge in [-0.3, -0.25) is 0 Å². The molecular weight excluding hydrogens is 368 g/mol. The fourth-order valence-electron chi connectivity index (χ4n) is 3.97. The van der Waals surface area contributed by atoms with Crippen LogP contribution in [0.3, 0.4) is 0 Å². The van der Waals surface area contributed by atoms with Crippen molar-refractivity contribution < 1.29 is 9.53 Å². The third-order valence-corrected chi connectivity index (χ3v) is 7.44. The fourth-order valence-corrected chi connectivity index (χ4v) is 5.44. The van der Waals surface area contributed by atoms with Gasteiger partial charge in [0, 0.05) is 27.4 Å². The molecule has 0 spiro atoms. The second-order valence-electron chi connectivity index (χ2n) is 9.31. The van der Waals surface area contributed by atoms with Crippen molar-refractivity contribution in [1.82, 2.24) is 4.98 Å². The molecule has 0 unspecified atom stereocenters. The van der Waals surface area contributed by atoms with Gasteiger partial charge in [0.05, 0.1) is 17.9 Å². The highest BCUT2D eigenvalue weighted by molar-refractivity contribution is 7.16. The number of esters is 1. The monoisotopic (exact) mass is 398 g/mol. The van der Waals surface area contributed by atoms with Gasteiger partial charge in [0.25, 0.3) is 0 Å². The number of hydrogen-bond donors (Lipinski definition) is 0. The average molecular weight is 399 g/mol. The zero-order chi connectivity index (χ0) is 20.1. The van der Waals surface area contributed by atoms with Gasteiger partial charge in [-0.1, -0.05) is 27.7 Å². The van der Waals surface area contributed by atoms with Crippen LogP contribution in [0.4, 0.5) is 10.8 Å². The molecule has 1 aromatic carbocycles. The number of fused-ring (bicyclic) bond motifs is 1. The number of benzene rings is 1. The lowest BCUT2D eigenvalue weighted by Crippen LogP contribution is -2.32. The maximum Gasteiger partial charge on any atom is 0.338 e. The van der Waals surface area contributed by atoms with Gasteiger partial charge in [0.2, 0.25) is 0 Å². The van der Waals surface area contributed by atoms with Gasteiger partial charge in [0.15, 0.2) is 5.13 Å². The molecule has 150 valence electrons. The molecule has 1 fully saturated rings. The van der Waals surface area contributed by atoms with E-state index in [0.717, 1.165) is 10.8 Å². The Morgan fingerprint density at radius 2 is 1.79 bits per heavy atom. The van der Waals surface area contributed by atoms with Crippen LogP contribution in [0.5, 0.6) is 0 Å². The Morgan fingerprint density at radius 3 is 2.36 bits per heavy atom. The molecule has 0 atom stereocenters. The van der Waals surface area contributed by atoms with E-state index in [4.69, 9.17) is 9.72 Å². The molecule has 0 amide bonds. The van der Waals surface area contributed by atoms with Crippen molar-refractivity contribution in [1.29, 1.82) is 0 Å². The highest BCUT2D eigenvalue weighted by Gasteiger charge is 2.42. The predicted molar refractivity (Wildman–Crippen MR) is 115 cm³/mol. The fraction of sp³-hybridized carbons (Fsp3) is 0.565. The summed E-state index contributed by atoms with van der Waals surface area (Å²) < 4.78 is 5.11. The van der Waals surface area contributed by atoms with Gasteiger partial charge in [-0.15, -0.1) is 11.3 Å². The quantitative estimate of drug-likeness (QED) is 0.582. The SMILES string of the molecule is CCOC(=O)c1ccc(N(c2nc3c(s2)C(C)(C)CCC3(C)C)C2CC2)cc1. The predicted octanol–water partition coefficient (Wildman–Crippen LogP) is 5.97. The van der Waals surface area contributed by atoms with Gasteiger partial charge in [-0.05, 0) is 56.9 Å². The van der Waals surface area contributed by atoms with Crippen LogP contribution in [-0.4, -0.2) is 23.6 Å². The summed E-state index contributed by atoms with van der Waals surface area (Å²) in [7, 11) is 0. The topological polar surface area (TPSA) is 42.4 Å². The van der Waals surface area contributed by atoms with E-state index < -0.39 is 0 Å². The first-order chi connectivity index (χ1) is 13.2. The number of nitrogens with zero attached hydrogens (tertiary/aromatic N) is 2. The number of aromatic nitrogens is 1. The first kappa shape index (κ1) is 19.4. The Hall–Kier alpha value is -1.88. The van der Waals surface area contributed by atoms with Gasteiger partial charge < -0.3 is 9.64 Å². The Morgan fingerprint density at radius 1 is 1.14 bits per heavy atom. The van der Waals surface area contributed by atoms with Crippen LogP contribution in [0, 0.1) is 0 Å². The summed E-state index contributed by atoms with van der Waals surface area (Å²) in [6.07, 6.45) is 4.76. The summed E-state index contributed by atoms with van der Waals surface area (Å²) in [5.74, 6) is -0.264. The molecule has 1 saturated carbocycles. The average Bonchev–Trinajstić information content (AvgIpc) is 3.36. The molecule has 2 aliphatic carbocycles. The lowest BCUT2D eigenvalue weighted by Gasteiger charge is -2.37. The normalized spacial score (nSPS) is 19.8. The molecule has 0 saturated heterocycles. The molecule has 1 heterocycles. The van der Waals surface area contributed by atoms with Crippen molar-refractivity contribution in [2.24, 2.45) is 0 Å². The Labute approximate surface area is 171 Å². The number of hydrogen-bond acceptors (Lipinski definition) is 5. The van der Waals surface area contributed by atoms with Crippen molar-refractivity contribution in [3.05, 3.63) is 40.4 Å². The molecule has 0 bridgehead atoms. The first-order valence-electron chi connectivity index (χ1n) is 10.3. The zero-order valence-electron chi connectivity index (χ0n) is 17.5. The summed E-state index contributed by atoms with van der Waals surface area (Å²) in [5.41, 5.74) is 3.30. The molecule has 1 aromatic heterocycles. The second kappa shape index (κ2) is 6.87. The Balaban J connectivity index is 1.70. The number of anilines is 2. The standard InChI is InChI=1S/C23H30N2O2S/c1-6-27-20(26)15-7-9-16(10-8-15)25(17-11-12-17)21-24-18-19(28-21)23(4,5)14-13-22(18,2)3/h7-10,17H,6,11-14H2,1-5H3.